The van der Waals surface area contributed by atoms with Crippen molar-refractivity contribution in [1.82, 2.24) is 19.8 Å². The van der Waals surface area contributed by atoms with Crippen LogP contribution in [0.3, 0.4) is 0 Å². The summed E-state index contributed by atoms with van der Waals surface area (Å²) in [4.78, 5) is 51.5. The second-order valence-corrected chi connectivity index (χ2v) is 11.7. The van der Waals surface area contributed by atoms with Gasteiger partial charge in [-0.3, -0.25) is 19.8 Å². The predicted octanol–water partition coefficient (Wildman–Crippen LogP) is 5.11. The van der Waals surface area contributed by atoms with Crippen molar-refractivity contribution in [3.63, 3.8) is 0 Å². The fourth-order valence-electron chi connectivity index (χ4n) is 5.15. The lowest BCUT2D eigenvalue weighted by Gasteiger charge is -2.27. The Morgan fingerprint density at radius 3 is 2.59 bits per heavy atom. The van der Waals surface area contributed by atoms with Crippen LogP contribution < -0.4 is 10.6 Å². The Morgan fingerprint density at radius 1 is 0.978 bits per heavy atom. The molecule has 240 valence electrons. The highest BCUT2D eigenvalue weighted by Gasteiger charge is 2.36. The summed E-state index contributed by atoms with van der Waals surface area (Å²) in [6, 6.07) is 14.4. The van der Waals surface area contributed by atoms with Gasteiger partial charge in [0.2, 0.25) is 0 Å². The van der Waals surface area contributed by atoms with E-state index in [4.69, 9.17) is 9.47 Å². The normalized spacial score (nSPS) is 17.2. The van der Waals surface area contributed by atoms with Crippen molar-refractivity contribution in [2.45, 2.75) is 18.7 Å². The number of nitrogens with one attached hydrogen (secondary N) is 2. The van der Waals surface area contributed by atoms with Crippen molar-refractivity contribution in [3.8, 4) is 11.3 Å². The summed E-state index contributed by atoms with van der Waals surface area (Å²) in [5, 5.41) is 5.52. The first-order chi connectivity index (χ1) is 22.1. The van der Waals surface area contributed by atoms with Gasteiger partial charge in [0.15, 0.2) is 11.2 Å². The number of halogens is 3. The molecule has 1 unspecified atom stereocenters. The van der Waals surface area contributed by atoms with E-state index in [0.717, 1.165) is 49.5 Å². The molecule has 0 saturated carbocycles. The van der Waals surface area contributed by atoms with E-state index in [1.165, 1.54) is 17.0 Å². The van der Waals surface area contributed by atoms with Crippen LogP contribution in [-0.4, -0.2) is 89.7 Å². The first-order valence-corrected chi connectivity index (χ1v) is 15.4. The van der Waals surface area contributed by atoms with E-state index in [-0.39, 0.29) is 17.8 Å². The average molecular weight is 655 g/mol. The standard InChI is InChI=1S/C31H29F3N6O5S/c32-31(33,34)21-6-2-7-22(17-21)35-26(41)20-5-1-4-19(16-20)23-8-9-24-28(36-23)46-29(37-24)38-27(42)25-18-40(30(43)45-25)11-3-10-39-12-14-44-15-13-39/h1-2,4-9,16-17,25H,3,10-15,18H2,(H,35,41)(H,37,38,42). The summed E-state index contributed by atoms with van der Waals surface area (Å²) in [6.07, 6.45) is -5.25. The van der Waals surface area contributed by atoms with Crippen molar-refractivity contribution in [1.29, 1.82) is 0 Å². The molecular weight excluding hydrogens is 625 g/mol. The Labute approximate surface area is 265 Å². The van der Waals surface area contributed by atoms with Gasteiger partial charge in [0, 0.05) is 43.0 Å². The number of anilines is 2. The van der Waals surface area contributed by atoms with Crippen LogP contribution in [0, 0.1) is 0 Å². The Bertz CT molecular complexity index is 1760. The first-order valence-electron chi connectivity index (χ1n) is 14.6. The molecule has 2 aliphatic rings. The molecule has 0 radical (unpaired) electrons. The molecule has 2 N–H and O–H groups in total. The molecule has 0 bridgehead atoms. The molecule has 6 rings (SSSR count). The number of thiazole rings is 1. The van der Waals surface area contributed by atoms with Crippen LogP contribution in [0.25, 0.3) is 21.6 Å². The van der Waals surface area contributed by atoms with Crippen molar-refractivity contribution in [2.24, 2.45) is 0 Å². The number of pyridine rings is 1. The SMILES string of the molecule is O=C(Nc1cccc(C(F)(F)F)c1)c1cccc(-c2ccc3nc(NC(=O)C4CN(CCCN5CCOCC5)C(=O)O4)sc3n2)c1. The molecule has 0 aliphatic carbocycles. The van der Waals surface area contributed by atoms with Gasteiger partial charge in [-0.15, -0.1) is 0 Å². The van der Waals surface area contributed by atoms with Gasteiger partial charge < -0.3 is 19.7 Å². The number of hydrogen-bond acceptors (Lipinski definition) is 9. The van der Waals surface area contributed by atoms with E-state index in [9.17, 15) is 27.6 Å². The number of rotatable bonds is 9. The summed E-state index contributed by atoms with van der Waals surface area (Å²) in [5.74, 6) is -1.06. The number of carbonyl (C=O) groups is 3. The molecule has 46 heavy (non-hydrogen) atoms. The minimum atomic E-state index is -4.53. The molecular formula is C31H29F3N6O5S. The summed E-state index contributed by atoms with van der Waals surface area (Å²) in [6.45, 7) is 4.62. The molecule has 2 fully saturated rings. The van der Waals surface area contributed by atoms with Gasteiger partial charge in [-0.05, 0) is 48.9 Å². The van der Waals surface area contributed by atoms with Gasteiger partial charge in [-0.2, -0.15) is 13.2 Å². The van der Waals surface area contributed by atoms with Crippen LogP contribution in [-0.2, 0) is 20.4 Å². The zero-order valence-electron chi connectivity index (χ0n) is 24.4. The number of cyclic esters (lactones) is 1. The van der Waals surface area contributed by atoms with E-state index in [0.29, 0.717) is 46.5 Å². The fourth-order valence-corrected chi connectivity index (χ4v) is 5.99. The molecule has 2 saturated heterocycles. The highest BCUT2D eigenvalue weighted by atomic mass is 32.1. The average Bonchev–Trinajstić information content (AvgIpc) is 3.63. The molecule has 2 aromatic carbocycles. The third kappa shape index (κ3) is 7.43. The van der Waals surface area contributed by atoms with Gasteiger partial charge in [-0.25, -0.2) is 14.8 Å². The maximum Gasteiger partial charge on any atom is 0.416 e. The minimum Gasteiger partial charge on any atom is -0.434 e. The highest BCUT2D eigenvalue weighted by molar-refractivity contribution is 7.22. The third-order valence-electron chi connectivity index (χ3n) is 7.54. The van der Waals surface area contributed by atoms with Crippen LogP contribution in [0.15, 0.2) is 60.7 Å². The molecule has 15 heteroatoms. The Balaban J connectivity index is 1.07. The summed E-state index contributed by atoms with van der Waals surface area (Å²) in [5.41, 5.74) is 1.06. The van der Waals surface area contributed by atoms with E-state index in [2.05, 4.69) is 25.5 Å². The van der Waals surface area contributed by atoms with Gasteiger partial charge >= 0.3 is 12.3 Å². The van der Waals surface area contributed by atoms with E-state index < -0.39 is 35.8 Å². The lowest BCUT2D eigenvalue weighted by atomic mass is 10.1. The molecule has 2 aliphatic heterocycles. The second-order valence-electron chi connectivity index (χ2n) is 10.8. The number of benzene rings is 2. The number of carbonyl (C=O) groups excluding carboxylic acids is 3. The second kappa shape index (κ2) is 13.4. The molecule has 1 atom stereocenters. The number of aromatic nitrogens is 2. The van der Waals surface area contributed by atoms with Crippen LogP contribution in [0.1, 0.15) is 22.3 Å². The maximum absolute atomic E-state index is 13.1. The van der Waals surface area contributed by atoms with Crippen LogP contribution in [0.4, 0.5) is 28.8 Å². The van der Waals surface area contributed by atoms with Gasteiger partial charge in [0.25, 0.3) is 11.8 Å². The number of alkyl halides is 3. The number of fused-ring (bicyclic) bond motifs is 1. The van der Waals surface area contributed by atoms with Crippen LogP contribution in [0.5, 0.6) is 0 Å². The third-order valence-corrected chi connectivity index (χ3v) is 8.42. The predicted molar refractivity (Wildman–Crippen MR) is 165 cm³/mol. The molecule has 0 spiro atoms. The van der Waals surface area contributed by atoms with Gasteiger partial charge in [0.05, 0.1) is 31.0 Å². The lowest BCUT2D eigenvalue weighted by Crippen LogP contribution is -2.38. The van der Waals surface area contributed by atoms with E-state index in [1.54, 1.807) is 36.4 Å². The van der Waals surface area contributed by atoms with Crippen molar-refractivity contribution < 1.29 is 37.0 Å². The number of hydrogen-bond donors (Lipinski definition) is 2. The van der Waals surface area contributed by atoms with Gasteiger partial charge in [-0.1, -0.05) is 29.5 Å². The zero-order chi connectivity index (χ0) is 32.3. The topological polar surface area (TPSA) is 126 Å². The largest absolute Gasteiger partial charge is 0.434 e. The van der Waals surface area contributed by atoms with E-state index >= 15 is 0 Å². The number of nitrogens with zero attached hydrogens (tertiary/aromatic N) is 4. The minimum absolute atomic E-state index is 0.0212. The zero-order valence-corrected chi connectivity index (χ0v) is 25.2. The Kier molecular flexibility index (Phi) is 9.15. The smallest absolute Gasteiger partial charge is 0.416 e. The number of ether oxygens (including phenoxy) is 2. The summed E-state index contributed by atoms with van der Waals surface area (Å²) >= 11 is 1.14. The Morgan fingerprint density at radius 2 is 1.78 bits per heavy atom. The van der Waals surface area contributed by atoms with E-state index in [1.807, 2.05) is 0 Å². The van der Waals surface area contributed by atoms with Crippen LogP contribution >= 0.6 is 11.3 Å². The summed E-state index contributed by atoms with van der Waals surface area (Å²) < 4.78 is 49.9. The maximum atomic E-state index is 13.1. The number of amides is 3. The highest BCUT2D eigenvalue weighted by Crippen LogP contribution is 2.31. The number of morpholine rings is 1. The van der Waals surface area contributed by atoms with Gasteiger partial charge in [0.1, 0.15) is 10.3 Å². The molecule has 11 nitrogen and oxygen atoms in total. The van der Waals surface area contributed by atoms with Crippen molar-refractivity contribution >= 4 is 50.4 Å². The first kappa shape index (κ1) is 31.4. The monoisotopic (exact) mass is 654 g/mol. The summed E-state index contributed by atoms with van der Waals surface area (Å²) in [7, 11) is 0. The molecule has 3 amide bonds. The fraction of sp³-hybridized carbons (Fsp3) is 0.323. The molecule has 2 aromatic heterocycles. The van der Waals surface area contributed by atoms with Crippen molar-refractivity contribution in [2.75, 3.05) is 56.6 Å². The van der Waals surface area contributed by atoms with Crippen molar-refractivity contribution in [3.05, 3.63) is 71.8 Å². The Hall–Kier alpha value is -4.60. The van der Waals surface area contributed by atoms with Crippen LogP contribution in [0.2, 0.25) is 0 Å². The molecule has 4 heterocycles. The quantitative estimate of drug-likeness (QED) is 0.255. The lowest BCUT2D eigenvalue weighted by molar-refractivity contribution is -0.137. The molecule has 4 aromatic rings.